The monoisotopic (exact) mass is 600 g/mol. The maximum absolute atomic E-state index is 13.8. The Morgan fingerprint density at radius 3 is 1.81 bits per heavy atom. The minimum Gasteiger partial charge on any atom is -0.465 e. The summed E-state index contributed by atoms with van der Waals surface area (Å²) >= 11 is 0. The summed E-state index contributed by atoms with van der Waals surface area (Å²) in [7, 11) is 2.39. The first-order valence-electron chi connectivity index (χ1n) is 13.3. The molecule has 10 nitrogen and oxygen atoms in total. The fourth-order valence-electron chi connectivity index (χ4n) is 3.93. The second-order valence-electron chi connectivity index (χ2n) is 8.87. The molecule has 0 saturated carbocycles. The summed E-state index contributed by atoms with van der Waals surface area (Å²) in [6.45, 7) is 10.2. The van der Waals surface area contributed by atoms with Gasteiger partial charge in [0.2, 0.25) is 0 Å². The van der Waals surface area contributed by atoms with Gasteiger partial charge in [0.1, 0.15) is 5.82 Å². The third-order valence-corrected chi connectivity index (χ3v) is 6.16. The van der Waals surface area contributed by atoms with E-state index < -0.39 is 35.0 Å². The first-order chi connectivity index (χ1) is 19.8. The number of anilines is 1. The van der Waals surface area contributed by atoms with Crippen molar-refractivity contribution in [3.63, 3.8) is 0 Å². The lowest BCUT2D eigenvalue weighted by molar-refractivity contribution is 0.0394. The highest BCUT2D eigenvalue weighted by Gasteiger charge is 2.17. The molecule has 2 aromatic rings. The van der Waals surface area contributed by atoms with Crippen molar-refractivity contribution >= 4 is 17.6 Å². The maximum Gasteiger partial charge on any atom is 0.340 e. The Labute approximate surface area is 245 Å². The lowest BCUT2D eigenvalue weighted by atomic mass is 10.1. The number of benzene rings is 2. The first kappa shape index (κ1) is 36.8. The van der Waals surface area contributed by atoms with Gasteiger partial charge in [-0.3, -0.25) is 9.80 Å². The van der Waals surface area contributed by atoms with E-state index in [-0.39, 0.29) is 18.7 Å². The van der Waals surface area contributed by atoms with Crippen LogP contribution in [0, 0.1) is 17.5 Å². The lowest BCUT2D eigenvalue weighted by Crippen LogP contribution is -2.39. The van der Waals surface area contributed by atoms with E-state index in [1.807, 2.05) is 0 Å². The van der Waals surface area contributed by atoms with Gasteiger partial charge in [0.25, 0.3) is 0 Å². The molecule has 2 aliphatic rings. The number of ether oxygens (including phenoxy) is 4. The minimum absolute atomic E-state index is 0. The molecule has 2 heterocycles. The van der Waals surface area contributed by atoms with Crippen LogP contribution < -0.4 is 11.1 Å². The zero-order chi connectivity index (χ0) is 30.0. The van der Waals surface area contributed by atoms with Crippen molar-refractivity contribution in [1.82, 2.24) is 9.80 Å². The topological polar surface area (TPSA) is 116 Å². The van der Waals surface area contributed by atoms with Crippen LogP contribution in [-0.4, -0.2) is 115 Å². The summed E-state index contributed by atoms with van der Waals surface area (Å²) in [6.07, 6.45) is 0. The first-order valence-corrected chi connectivity index (χ1v) is 13.3. The summed E-state index contributed by atoms with van der Waals surface area (Å²) in [4.78, 5) is 26.9. The number of nitrogens with zero attached hydrogens (tertiary/aromatic N) is 2. The molecule has 0 aromatic heterocycles. The molecule has 13 heteroatoms. The van der Waals surface area contributed by atoms with Gasteiger partial charge in [-0.15, -0.1) is 0 Å². The lowest BCUT2D eigenvalue weighted by Gasteiger charge is -2.26. The van der Waals surface area contributed by atoms with Gasteiger partial charge >= 0.3 is 11.9 Å². The molecular formula is C29H43F3N4O6. The van der Waals surface area contributed by atoms with E-state index in [2.05, 4.69) is 24.6 Å². The summed E-state index contributed by atoms with van der Waals surface area (Å²) in [5.74, 6) is -4.11. The van der Waals surface area contributed by atoms with E-state index in [1.54, 1.807) is 6.07 Å². The summed E-state index contributed by atoms with van der Waals surface area (Å²) in [5.41, 5.74) is 5.40. The van der Waals surface area contributed by atoms with Crippen LogP contribution in [0.25, 0.3) is 0 Å². The van der Waals surface area contributed by atoms with Crippen molar-refractivity contribution in [2.45, 2.75) is 7.43 Å². The van der Waals surface area contributed by atoms with Crippen LogP contribution in [0.4, 0.5) is 18.9 Å². The number of rotatable bonds is 8. The van der Waals surface area contributed by atoms with Crippen LogP contribution in [0.2, 0.25) is 0 Å². The average molecular weight is 601 g/mol. The Balaban J connectivity index is 0.000000342. The van der Waals surface area contributed by atoms with Crippen LogP contribution in [0.5, 0.6) is 0 Å². The number of halogens is 3. The molecule has 0 unspecified atom stereocenters. The molecule has 0 bridgehead atoms. The SMILES string of the molecule is C.COC(=O)c1cccc(F)c1F.COC(=O)c1cccc(F)c1NCCN1CCOCC1.NCCN1CCOCC1. The largest absolute Gasteiger partial charge is 0.465 e. The quantitative estimate of drug-likeness (QED) is 0.438. The highest BCUT2D eigenvalue weighted by molar-refractivity contribution is 5.95. The number of morpholine rings is 2. The van der Waals surface area contributed by atoms with Crippen LogP contribution in [0.15, 0.2) is 36.4 Å². The summed E-state index contributed by atoms with van der Waals surface area (Å²) in [6, 6.07) is 7.70. The number of carbonyl (C=O) groups excluding carboxylic acids is 2. The Morgan fingerprint density at radius 2 is 1.29 bits per heavy atom. The number of carbonyl (C=O) groups is 2. The molecule has 2 aromatic carbocycles. The Bertz CT molecular complexity index is 1080. The zero-order valence-electron chi connectivity index (χ0n) is 23.5. The fraction of sp³-hybridized carbons (Fsp3) is 0.517. The standard InChI is InChI=1S/C14H19FN2O3.C8H6F2O2.C6H14N2O.CH4/c1-19-14(18)11-3-2-4-12(15)13(11)16-5-6-17-7-9-20-10-8-17;1-12-8(11)5-3-2-4-6(9)7(5)10;7-1-2-8-3-5-9-6-4-8;/h2-4,16H,5-10H2,1H3;2-4H,1H3;1-7H2;1H4. The minimum atomic E-state index is -1.18. The second kappa shape index (κ2) is 20.6. The highest BCUT2D eigenvalue weighted by Crippen LogP contribution is 2.20. The number of esters is 2. The van der Waals surface area contributed by atoms with E-state index in [9.17, 15) is 22.8 Å². The molecule has 0 amide bonds. The number of methoxy groups -OCH3 is 2. The maximum atomic E-state index is 13.8. The van der Waals surface area contributed by atoms with Gasteiger partial charge in [0.15, 0.2) is 11.6 Å². The Morgan fingerprint density at radius 1 is 0.810 bits per heavy atom. The zero-order valence-corrected chi connectivity index (χ0v) is 23.5. The van der Waals surface area contributed by atoms with Crippen molar-refractivity contribution in [2.75, 3.05) is 98.3 Å². The van der Waals surface area contributed by atoms with Crippen molar-refractivity contribution in [1.29, 1.82) is 0 Å². The van der Waals surface area contributed by atoms with Crippen molar-refractivity contribution in [3.05, 3.63) is 65.0 Å². The Hall–Kier alpha value is -3.23. The van der Waals surface area contributed by atoms with E-state index in [0.717, 1.165) is 91.5 Å². The fourth-order valence-corrected chi connectivity index (χ4v) is 3.93. The number of hydrogen-bond acceptors (Lipinski definition) is 10. The van der Waals surface area contributed by atoms with Gasteiger partial charge in [-0.25, -0.2) is 22.8 Å². The number of nitrogens with two attached hydrogens (primary N) is 1. The highest BCUT2D eigenvalue weighted by atomic mass is 19.2. The van der Waals surface area contributed by atoms with Crippen molar-refractivity contribution < 1.29 is 41.7 Å². The predicted molar refractivity (Wildman–Crippen MR) is 154 cm³/mol. The van der Waals surface area contributed by atoms with Gasteiger partial charge in [0.05, 0.1) is 57.5 Å². The van der Waals surface area contributed by atoms with Crippen LogP contribution in [-0.2, 0) is 18.9 Å². The average Bonchev–Trinajstić information content (AvgIpc) is 3.00. The number of nitrogens with one attached hydrogen (secondary N) is 1. The van der Waals surface area contributed by atoms with Crippen LogP contribution >= 0.6 is 0 Å². The Kier molecular flexibility index (Phi) is 18.1. The van der Waals surface area contributed by atoms with Crippen molar-refractivity contribution in [2.24, 2.45) is 5.73 Å². The molecule has 0 aliphatic carbocycles. The van der Waals surface area contributed by atoms with Gasteiger partial charge in [-0.05, 0) is 24.3 Å². The number of hydrogen-bond donors (Lipinski definition) is 2. The van der Waals surface area contributed by atoms with Crippen molar-refractivity contribution in [3.8, 4) is 0 Å². The van der Waals surface area contributed by atoms with Gasteiger partial charge in [-0.2, -0.15) is 0 Å². The molecule has 2 fully saturated rings. The molecule has 0 spiro atoms. The van der Waals surface area contributed by atoms with E-state index >= 15 is 0 Å². The second-order valence-corrected chi connectivity index (χ2v) is 8.87. The molecule has 4 rings (SSSR count). The molecule has 2 saturated heterocycles. The molecule has 2 aliphatic heterocycles. The normalized spacial score (nSPS) is 15.1. The van der Waals surface area contributed by atoms with Gasteiger partial charge < -0.3 is 30.0 Å². The van der Waals surface area contributed by atoms with Crippen LogP contribution in [0.1, 0.15) is 28.1 Å². The molecule has 0 atom stereocenters. The van der Waals surface area contributed by atoms with Gasteiger partial charge in [-0.1, -0.05) is 19.6 Å². The molecule has 0 radical (unpaired) electrons. The van der Waals surface area contributed by atoms with E-state index in [1.165, 1.54) is 25.3 Å². The molecule has 3 N–H and O–H groups in total. The van der Waals surface area contributed by atoms with E-state index in [4.69, 9.17) is 15.2 Å². The molecule has 236 valence electrons. The van der Waals surface area contributed by atoms with E-state index in [0.29, 0.717) is 6.54 Å². The molecular weight excluding hydrogens is 557 g/mol. The summed E-state index contributed by atoms with van der Waals surface area (Å²) < 4.78 is 58.4. The predicted octanol–water partition coefficient (Wildman–Crippen LogP) is 3.02. The summed E-state index contributed by atoms with van der Waals surface area (Å²) in [5, 5.41) is 2.99. The van der Waals surface area contributed by atoms with Crippen LogP contribution in [0.3, 0.4) is 0 Å². The third-order valence-electron chi connectivity index (χ3n) is 6.16. The molecule has 42 heavy (non-hydrogen) atoms. The smallest absolute Gasteiger partial charge is 0.340 e. The van der Waals surface area contributed by atoms with Gasteiger partial charge in [0, 0.05) is 52.4 Å². The number of para-hydroxylation sites is 1. The third kappa shape index (κ3) is 12.3.